The fourth-order valence-corrected chi connectivity index (χ4v) is 2.40. The van der Waals surface area contributed by atoms with E-state index in [0.29, 0.717) is 0 Å². The highest BCUT2D eigenvalue weighted by Crippen LogP contribution is 2.19. The Morgan fingerprint density at radius 3 is 3.16 bits per heavy atom. The highest BCUT2D eigenvalue weighted by Gasteiger charge is 2.12. The van der Waals surface area contributed by atoms with Crippen molar-refractivity contribution in [2.45, 2.75) is 13.0 Å². The predicted molar refractivity (Wildman–Crippen MR) is 72.3 cm³/mol. The van der Waals surface area contributed by atoms with Crippen LogP contribution in [0.3, 0.4) is 0 Å². The van der Waals surface area contributed by atoms with Crippen molar-refractivity contribution < 1.29 is 4.92 Å². The Hall–Kier alpha value is -2.21. The van der Waals surface area contributed by atoms with E-state index in [9.17, 15) is 10.1 Å². The number of nitrogens with one attached hydrogen (secondary N) is 1. The molecule has 19 heavy (non-hydrogen) atoms. The van der Waals surface area contributed by atoms with Crippen molar-refractivity contribution in [3.05, 3.63) is 45.9 Å². The molecule has 6 nitrogen and oxygen atoms in total. The summed E-state index contributed by atoms with van der Waals surface area (Å²) < 4.78 is 2.22. The van der Waals surface area contributed by atoms with E-state index in [4.69, 9.17) is 0 Å². The fourth-order valence-electron chi connectivity index (χ4n) is 2.40. The molecule has 2 aromatic rings. The lowest BCUT2D eigenvalue weighted by molar-refractivity contribution is -0.400. The van der Waals surface area contributed by atoms with Crippen LogP contribution < -0.4 is 5.32 Å². The molecule has 6 heteroatoms. The Balaban J connectivity index is 2.03. The van der Waals surface area contributed by atoms with Crippen molar-refractivity contribution in [2.75, 3.05) is 13.1 Å². The first-order valence-electron chi connectivity index (χ1n) is 6.25. The van der Waals surface area contributed by atoms with Crippen molar-refractivity contribution >= 4 is 17.1 Å². The van der Waals surface area contributed by atoms with E-state index in [0.717, 1.165) is 54.7 Å². The van der Waals surface area contributed by atoms with Gasteiger partial charge in [0.25, 0.3) is 0 Å². The van der Waals surface area contributed by atoms with E-state index in [1.165, 1.54) is 6.08 Å². The minimum Gasteiger partial charge on any atom is -0.327 e. The standard InChI is InChI=1S/C13H14N4O2/c18-17(19)7-4-10-1-2-12-11(9-10)15-13-3-5-14-6-8-16(12)13/h1-2,4,7,9,14H,3,5-6,8H2/b7-4+. The monoisotopic (exact) mass is 258 g/mol. The summed E-state index contributed by atoms with van der Waals surface area (Å²) in [4.78, 5) is 14.5. The van der Waals surface area contributed by atoms with Gasteiger partial charge in [0.05, 0.1) is 16.0 Å². The van der Waals surface area contributed by atoms with Gasteiger partial charge >= 0.3 is 0 Å². The maximum Gasteiger partial charge on any atom is 0.235 e. The van der Waals surface area contributed by atoms with E-state index < -0.39 is 4.92 Å². The van der Waals surface area contributed by atoms with Gasteiger partial charge in [0.2, 0.25) is 6.20 Å². The van der Waals surface area contributed by atoms with Crippen LogP contribution in [0.5, 0.6) is 0 Å². The van der Waals surface area contributed by atoms with E-state index in [2.05, 4.69) is 14.9 Å². The quantitative estimate of drug-likeness (QED) is 0.653. The second-order valence-electron chi connectivity index (χ2n) is 4.53. The molecule has 0 spiro atoms. The summed E-state index contributed by atoms with van der Waals surface area (Å²) in [5, 5.41) is 13.7. The number of nitro groups is 1. The second kappa shape index (κ2) is 4.81. The zero-order valence-corrected chi connectivity index (χ0v) is 10.4. The molecule has 1 aliphatic heterocycles. The molecule has 0 saturated heterocycles. The van der Waals surface area contributed by atoms with Gasteiger partial charge in [-0.05, 0) is 17.7 Å². The first-order chi connectivity index (χ1) is 9.24. The van der Waals surface area contributed by atoms with Gasteiger partial charge in [-0.15, -0.1) is 0 Å². The second-order valence-corrected chi connectivity index (χ2v) is 4.53. The number of aromatic nitrogens is 2. The van der Waals surface area contributed by atoms with E-state index >= 15 is 0 Å². The van der Waals surface area contributed by atoms with Gasteiger partial charge in [0, 0.05) is 32.1 Å². The molecule has 98 valence electrons. The van der Waals surface area contributed by atoms with Crippen LogP contribution in [0.15, 0.2) is 24.4 Å². The van der Waals surface area contributed by atoms with Crippen molar-refractivity contribution in [3.63, 3.8) is 0 Å². The number of hydrogen-bond acceptors (Lipinski definition) is 4. The third kappa shape index (κ3) is 2.34. The maximum atomic E-state index is 10.3. The number of benzene rings is 1. The van der Waals surface area contributed by atoms with Crippen LogP contribution >= 0.6 is 0 Å². The summed E-state index contributed by atoms with van der Waals surface area (Å²) in [7, 11) is 0. The Morgan fingerprint density at radius 2 is 2.32 bits per heavy atom. The smallest absolute Gasteiger partial charge is 0.235 e. The van der Waals surface area contributed by atoms with Gasteiger partial charge in [0.1, 0.15) is 5.82 Å². The van der Waals surface area contributed by atoms with Crippen LogP contribution in [-0.2, 0) is 13.0 Å². The molecule has 1 N–H and O–H groups in total. The average Bonchev–Trinajstić information content (AvgIpc) is 2.57. The third-order valence-electron chi connectivity index (χ3n) is 3.28. The highest BCUT2D eigenvalue weighted by molar-refractivity contribution is 5.79. The largest absolute Gasteiger partial charge is 0.327 e. The summed E-state index contributed by atoms with van der Waals surface area (Å²) in [6.07, 6.45) is 3.35. The molecular weight excluding hydrogens is 244 g/mol. The SMILES string of the molecule is O=[N+]([O-])/C=C/c1ccc2c(c1)nc1n2CCNCC1. The van der Waals surface area contributed by atoms with Gasteiger partial charge in [0.15, 0.2) is 0 Å². The Labute approximate surface area is 109 Å². The first-order valence-corrected chi connectivity index (χ1v) is 6.25. The molecule has 0 radical (unpaired) electrons. The van der Waals surface area contributed by atoms with E-state index in [1.54, 1.807) is 0 Å². The number of hydrogen-bond donors (Lipinski definition) is 1. The van der Waals surface area contributed by atoms with Crippen LogP contribution in [0.1, 0.15) is 11.4 Å². The first kappa shape index (κ1) is 11.9. The Bertz CT molecular complexity index is 660. The van der Waals surface area contributed by atoms with Gasteiger partial charge in [-0.1, -0.05) is 6.07 Å². The maximum absolute atomic E-state index is 10.3. The number of rotatable bonds is 2. The molecule has 0 bridgehead atoms. The summed E-state index contributed by atoms with van der Waals surface area (Å²) in [6.45, 7) is 2.80. The molecule has 2 heterocycles. The fraction of sp³-hybridized carbons (Fsp3) is 0.308. The van der Waals surface area contributed by atoms with Crippen LogP contribution in [0.25, 0.3) is 17.1 Å². The predicted octanol–water partition coefficient (Wildman–Crippen LogP) is 1.43. The molecule has 0 fully saturated rings. The van der Waals surface area contributed by atoms with E-state index in [1.807, 2.05) is 18.2 Å². The normalized spacial score (nSPS) is 15.6. The molecule has 1 aromatic heterocycles. The molecule has 0 unspecified atom stereocenters. The van der Waals surface area contributed by atoms with Gasteiger partial charge in [-0.3, -0.25) is 10.1 Å². The molecule has 1 aromatic carbocycles. The van der Waals surface area contributed by atoms with Crippen molar-refractivity contribution in [2.24, 2.45) is 0 Å². The van der Waals surface area contributed by atoms with Gasteiger partial charge in [-0.2, -0.15) is 0 Å². The minimum atomic E-state index is -0.460. The lowest BCUT2D eigenvalue weighted by atomic mass is 10.2. The zero-order valence-electron chi connectivity index (χ0n) is 10.4. The third-order valence-corrected chi connectivity index (χ3v) is 3.28. The van der Waals surface area contributed by atoms with Crippen LogP contribution in [0, 0.1) is 10.1 Å². The van der Waals surface area contributed by atoms with E-state index in [-0.39, 0.29) is 0 Å². The molecule has 1 aliphatic rings. The molecule has 0 atom stereocenters. The van der Waals surface area contributed by atoms with Crippen molar-refractivity contribution in [1.29, 1.82) is 0 Å². The summed E-state index contributed by atoms with van der Waals surface area (Å²) >= 11 is 0. The summed E-state index contributed by atoms with van der Waals surface area (Å²) in [6, 6.07) is 5.76. The lowest BCUT2D eigenvalue weighted by Gasteiger charge is -2.03. The van der Waals surface area contributed by atoms with Crippen molar-refractivity contribution in [3.8, 4) is 0 Å². The topological polar surface area (TPSA) is 73.0 Å². The highest BCUT2D eigenvalue weighted by atomic mass is 16.6. The zero-order chi connectivity index (χ0) is 13.2. The Kier molecular flexibility index (Phi) is 3.00. The molecule has 0 aliphatic carbocycles. The summed E-state index contributed by atoms with van der Waals surface area (Å²) in [5.41, 5.74) is 2.80. The van der Waals surface area contributed by atoms with Crippen molar-refractivity contribution in [1.82, 2.24) is 14.9 Å². The molecule has 0 saturated carbocycles. The summed E-state index contributed by atoms with van der Waals surface area (Å²) in [5.74, 6) is 1.08. The number of imidazole rings is 1. The lowest BCUT2D eigenvalue weighted by Crippen LogP contribution is -2.17. The Morgan fingerprint density at radius 1 is 1.42 bits per heavy atom. The van der Waals surface area contributed by atoms with Crippen LogP contribution in [-0.4, -0.2) is 27.6 Å². The van der Waals surface area contributed by atoms with Crippen LogP contribution in [0.2, 0.25) is 0 Å². The minimum absolute atomic E-state index is 0.460. The average molecular weight is 258 g/mol. The molecular formula is C13H14N4O2. The molecule has 0 amide bonds. The van der Waals surface area contributed by atoms with Gasteiger partial charge in [-0.25, -0.2) is 4.98 Å². The van der Waals surface area contributed by atoms with Crippen LogP contribution in [0.4, 0.5) is 0 Å². The number of nitrogens with zero attached hydrogens (tertiary/aromatic N) is 3. The number of fused-ring (bicyclic) bond motifs is 3. The van der Waals surface area contributed by atoms with Gasteiger partial charge < -0.3 is 9.88 Å². The molecule has 3 rings (SSSR count).